The lowest BCUT2D eigenvalue weighted by Gasteiger charge is -2.19. The Morgan fingerprint density at radius 2 is 2.03 bits per heavy atom. The molecule has 0 bridgehead atoms. The van der Waals surface area contributed by atoms with Gasteiger partial charge in [0, 0.05) is 20.6 Å². The summed E-state index contributed by atoms with van der Waals surface area (Å²) >= 11 is 12.4. The van der Waals surface area contributed by atoms with E-state index in [4.69, 9.17) is 27.6 Å². The lowest BCUT2D eigenvalue weighted by molar-refractivity contribution is 0.0787. The molecule has 0 aliphatic heterocycles. The van der Waals surface area contributed by atoms with E-state index in [1.807, 2.05) is 19.1 Å². The molecule has 0 N–H and O–H groups in total. The third kappa shape index (κ3) is 3.50. The van der Waals surface area contributed by atoms with E-state index in [0.717, 1.165) is 16.6 Å². The lowest BCUT2D eigenvalue weighted by Crippen LogP contribution is -2.26. The molecule has 4 rings (SSSR count). The van der Waals surface area contributed by atoms with Crippen LogP contribution in [0.15, 0.2) is 47.1 Å². The molecule has 0 saturated heterocycles. The van der Waals surface area contributed by atoms with E-state index in [9.17, 15) is 4.79 Å². The largest absolute Gasteiger partial charge is 0.463 e. The number of nitrogens with zero attached hydrogens (tertiary/aromatic N) is 4. The number of carbonyl (C=O) groups is 1. The van der Waals surface area contributed by atoms with Gasteiger partial charge >= 0.3 is 0 Å². The standard InChI is InChI=1S/C21H18Cl2N4O2/c1-12-18-14(21(28)26(2)11-13-6-4-7-15(22)19(13)23)10-16(17-8-5-9-29-17)24-20(18)27(3)25-12/h4-10H,11H2,1-3H3. The van der Waals surface area contributed by atoms with Crippen molar-refractivity contribution >= 4 is 40.1 Å². The Hall–Kier alpha value is -2.83. The molecule has 1 amide bonds. The molecular weight excluding hydrogens is 411 g/mol. The number of hydrogen-bond acceptors (Lipinski definition) is 4. The van der Waals surface area contributed by atoms with Crippen LogP contribution in [0.4, 0.5) is 0 Å². The van der Waals surface area contributed by atoms with Crippen molar-refractivity contribution < 1.29 is 9.21 Å². The number of carbonyl (C=O) groups excluding carboxylic acids is 1. The molecule has 0 saturated carbocycles. The first kappa shape index (κ1) is 19.5. The minimum absolute atomic E-state index is 0.169. The topological polar surface area (TPSA) is 64.2 Å². The van der Waals surface area contributed by atoms with Crippen LogP contribution in [0.25, 0.3) is 22.5 Å². The number of aromatic nitrogens is 3. The van der Waals surface area contributed by atoms with Gasteiger partial charge in [-0.2, -0.15) is 5.10 Å². The van der Waals surface area contributed by atoms with Gasteiger partial charge in [-0.25, -0.2) is 4.98 Å². The summed E-state index contributed by atoms with van der Waals surface area (Å²) in [6.45, 7) is 2.18. The van der Waals surface area contributed by atoms with E-state index in [-0.39, 0.29) is 5.91 Å². The zero-order valence-electron chi connectivity index (χ0n) is 16.1. The summed E-state index contributed by atoms with van der Waals surface area (Å²) in [7, 11) is 3.53. The van der Waals surface area contributed by atoms with Crippen LogP contribution in [0.3, 0.4) is 0 Å². The summed E-state index contributed by atoms with van der Waals surface area (Å²) in [5.74, 6) is 0.415. The third-order valence-corrected chi connectivity index (χ3v) is 5.62. The highest BCUT2D eigenvalue weighted by atomic mass is 35.5. The number of rotatable bonds is 4. The highest BCUT2D eigenvalue weighted by molar-refractivity contribution is 6.42. The fourth-order valence-electron chi connectivity index (χ4n) is 3.37. The number of hydrogen-bond donors (Lipinski definition) is 0. The van der Waals surface area contributed by atoms with E-state index in [1.165, 1.54) is 0 Å². The van der Waals surface area contributed by atoms with Crippen molar-refractivity contribution in [2.75, 3.05) is 7.05 Å². The first-order chi connectivity index (χ1) is 13.9. The summed E-state index contributed by atoms with van der Waals surface area (Å²) in [4.78, 5) is 19.6. The maximum Gasteiger partial charge on any atom is 0.254 e. The number of amides is 1. The van der Waals surface area contributed by atoms with Crippen molar-refractivity contribution in [1.82, 2.24) is 19.7 Å². The molecule has 0 aliphatic rings. The summed E-state index contributed by atoms with van der Waals surface area (Å²) < 4.78 is 7.15. The van der Waals surface area contributed by atoms with Gasteiger partial charge < -0.3 is 9.32 Å². The van der Waals surface area contributed by atoms with Gasteiger partial charge in [-0.3, -0.25) is 9.48 Å². The van der Waals surface area contributed by atoms with Gasteiger partial charge in [0.05, 0.1) is 33.0 Å². The second-order valence-electron chi connectivity index (χ2n) is 6.81. The van der Waals surface area contributed by atoms with Crippen molar-refractivity contribution in [3.05, 3.63) is 69.5 Å². The minimum atomic E-state index is -0.169. The monoisotopic (exact) mass is 428 g/mol. The van der Waals surface area contributed by atoms with Crippen LogP contribution in [0.5, 0.6) is 0 Å². The molecule has 0 atom stereocenters. The van der Waals surface area contributed by atoms with Crippen LogP contribution in [-0.4, -0.2) is 32.6 Å². The minimum Gasteiger partial charge on any atom is -0.463 e. The van der Waals surface area contributed by atoms with Crippen LogP contribution >= 0.6 is 23.2 Å². The number of furan rings is 1. The van der Waals surface area contributed by atoms with Crippen molar-refractivity contribution in [3.63, 3.8) is 0 Å². The average molecular weight is 429 g/mol. The normalized spacial score (nSPS) is 11.2. The number of halogens is 2. The summed E-state index contributed by atoms with van der Waals surface area (Å²) in [6.07, 6.45) is 1.57. The highest BCUT2D eigenvalue weighted by Gasteiger charge is 2.23. The zero-order chi connectivity index (χ0) is 20.7. The van der Waals surface area contributed by atoms with Gasteiger partial charge in [0.25, 0.3) is 5.91 Å². The van der Waals surface area contributed by atoms with E-state index < -0.39 is 0 Å². The smallest absolute Gasteiger partial charge is 0.254 e. The van der Waals surface area contributed by atoms with Gasteiger partial charge in [-0.05, 0) is 36.8 Å². The van der Waals surface area contributed by atoms with Crippen LogP contribution in [0.1, 0.15) is 21.6 Å². The van der Waals surface area contributed by atoms with Gasteiger partial charge in [0.1, 0.15) is 5.69 Å². The summed E-state index contributed by atoms with van der Waals surface area (Å²) in [5.41, 5.74) is 3.21. The van der Waals surface area contributed by atoms with Gasteiger partial charge in [0.15, 0.2) is 11.4 Å². The van der Waals surface area contributed by atoms with E-state index >= 15 is 0 Å². The van der Waals surface area contributed by atoms with Gasteiger partial charge in [-0.1, -0.05) is 35.3 Å². The Balaban J connectivity index is 1.79. The molecule has 3 heterocycles. The fraction of sp³-hybridized carbons (Fsp3) is 0.190. The molecule has 29 heavy (non-hydrogen) atoms. The lowest BCUT2D eigenvalue weighted by atomic mass is 10.1. The fourth-order valence-corrected chi connectivity index (χ4v) is 3.75. The van der Waals surface area contributed by atoms with Crippen LogP contribution < -0.4 is 0 Å². The van der Waals surface area contributed by atoms with Crippen molar-refractivity contribution in [1.29, 1.82) is 0 Å². The zero-order valence-corrected chi connectivity index (χ0v) is 17.6. The number of pyridine rings is 1. The Kier molecular flexibility index (Phi) is 5.06. The molecule has 1 aromatic carbocycles. The van der Waals surface area contributed by atoms with E-state index in [0.29, 0.717) is 39.3 Å². The molecule has 0 spiro atoms. The predicted octanol–water partition coefficient (Wildman–Crippen LogP) is 5.12. The number of fused-ring (bicyclic) bond motifs is 1. The Labute approximate surface area is 177 Å². The molecule has 4 aromatic rings. The first-order valence-electron chi connectivity index (χ1n) is 8.93. The van der Waals surface area contributed by atoms with Crippen molar-refractivity contribution in [3.8, 4) is 11.5 Å². The molecule has 8 heteroatoms. The van der Waals surface area contributed by atoms with Crippen molar-refractivity contribution in [2.45, 2.75) is 13.5 Å². The summed E-state index contributed by atoms with van der Waals surface area (Å²) in [5, 5.41) is 6.06. The van der Waals surface area contributed by atoms with Crippen LogP contribution in [0.2, 0.25) is 10.0 Å². The number of aryl methyl sites for hydroxylation is 2. The molecule has 0 aliphatic carbocycles. The third-order valence-electron chi connectivity index (χ3n) is 4.76. The predicted molar refractivity (Wildman–Crippen MR) is 113 cm³/mol. The van der Waals surface area contributed by atoms with Crippen molar-refractivity contribution in [2.24, 2.45) is 7.05 Å². The maximum atomic E-state index is 13.4. The van der Waals surface area contributed by atoms with E-state index in [2.05, 4.69) is 10.1 Å². The van der Waals surface area contributed by atoms with Gasteiger partial charge in [0.2, 0.25) is 0 Å². The van der Waals surface area contributed by atoms with E-state index in [1.54, 1.807) is 54.2 Å². The van der Waals surface area contributed by atoms with Gasteiger partial charge in [-0.15, -0.1) is 0 Å². The maximum absolute atomic E-state index is 13.4. The Morgan fingerprint density at radius 1 is 1.24 bits per heavy atom. The second-order valence-corrected chi connectivity index (χ2v) is 7.60. The molecule has 0 radical (unpaired) electrons. The quantitative estimate of drug-likeness (QED) is 0.452. The molecule has 6 nitrogen and oxygen atoms in total. The SMILES string of the molecule is Cc1nn(C)c2nc(-c3ccco3)cc(C(=O)N(C)Cc3cccc(Cl)c3Cl)c12. The Morgan fingerprint density at radius 3 is 2.76 bits per heavy atom. The molecule has 0 unspecified atom stereocenters. The summed E-state index contributed by atoms with van der Waals surface area (Å²) in [6, 6.07) is 10.7. The molecule has 3 aromatic heterocycles. The van der Waals surface area contributed by atoms with Crippen LogP contribution in [0, 0.1) is 6.92 Å². The number of benzene rings is 1. The highest BCUT2D eigenvalue weighted by Crippen LogP contribution is 2.30. The van der Waals surface area contributed by atoms with Crippen LogP contribution in [-0.2, 0) is 13.6 Å². The average Bonchev–Trinajstić information content (AvgIpc) is 3.33. The first-order valence-corrected chi connectivity index (χ1v) is 9.69. The second kappa shape index (κ2) is 7.54. The molecule has 0 fully saturated rings. The molecular formula is C21H18Cl2N4O2. The molecule has 148 valence electrons. The Bertz CT molecular complexity index is 1220.